The van der Waals surface area contributed by atoms with Crippen molar-refractivity contribution in [2.45, 2.75) is 13.3 Å². The zero-order valence-corrected chi connectivity index (χ0v) is 4.65. The van der Waals surface area contributed by atoms with Gasteiger partial charge in [0.05, 0.1) is 0 Å². The zero-order valence-electron chi connectivity index (χ0n) is 4.65. The van der Waals surface area contributed by atoms with Crippen LogP contribution in [0.5, 0.6) is 0 Å². The molecule has 0 aliphatic heterocycles. The molecule has 42 valence electrons. The molecule has 0 aliphatic rings. The average Bonchev–Trinajstić information content (AvgIpc) is 1.68. The Kier molecular flexibility index (Phi) is 3.61. The Labute approximate surface area is 44.2 Å². The van der Waals surface area contributed by atoms with E-state index in [9.17, 15) is 0 Å². The number of rotatable bonds is 3. The minimum absolute atomic E-state index is 0.484. The van der Waals surface area contributed by atoms with Gasteiger partial charge in [0, 0.05) is 0 Å². The Morgan fingerprint density at radius 3 is 2.57 bits per heavy atom. The van der Waals surface area contributed by atoms with Gasteiger partial charge in [0.15, 0.2) is 0 Å². The lowest BCUT2D eigenvalue weighted by Gasteiger charge is -1.99. The van der Waals surface area contributed by atoms with Crippen LogP contribution in [0.3, 0.4) is 0 Å². The second kappa shape index (κ2) is 3.81. The van der Waals surface area contributed by atoms with E-state index in [0.717, 1.165) is 6.42 Å². The van der Waals surface area contributed by atoms with E-state index < -0.39 is 0 Å². The lowest BCUT2D eigenvalue weighted by atomic mass is 10.1. The molecular formula is C5H12N2. The largest absolute Gasteiger partial charge is 0.330 e. The quantitative estimate of drug-likeness (QED) is 0.502. The fourth-order valence-electron chi connectivity index (χ4n) is 0.297. The maximum atomic E-state index is 6.66. The van der Waals surface area contributed by atoms with Crippen LogP contribution in [0.4, 0.5) is 0 Å². The molecule has 1 unspecified atom stereocenters. The summed E-state index contributed by atoms with van der Waals surface area (Å²) in [6.07, 6.45) is 2.22. The molecule has 0 radical (unpaired) electrons. The topological polar surface area (TPSA) is 49.9 Å². The molecule has 0 saturated carbocycles. The summed E-state index contributed by atoms with van der Waals surface area (Å²) in [6, 6.07) is 0. The van der Waals surface area contributed by atoms with E-state index in [4.69, 9.17) is 11.1 Å². The van der Waals surface area contributed by atoms with Crippen LogP contribution in [0.15, 0.2) is 0 Å². The van der Waals surface area contributed by atoms with E-state index in [1.165, 1.54) is 6.21 Å². The van der Waals surface area contributed by atoms with E-state index in [0.29, 0.717) is 12.5 Å². The fourth-order valence-corrected chi connectivity index (χ4v) is 0.297. The first kappa shape index (κ1) is 6.63. The molecule has 2 heteroatoms. The van der Waals surface area contributed by atoms with E-state index in [1.54, 1.807) is 0 Å². The van der Waals surface area contributed by atoms with Gasteiger partial charge in [0.1, 0.15) is 0 Å². The summed E-state index contributed by atoms with van der Waals surface area (Å²) in [7, 11) is 0. The highest BCUT2D eigenvalue weighted by atomic mass is 14.5. The van der Waals surface area contributed by atoms with Crippen LogP contribution >= 0.6 is 0 Å². The first-order valence-corrected chi connectivity index (χ1v) is 2.50. The van der Waals surface area contributed by atoms with Crippen molar-refractivity contribution >= 4 is 6.21 Å². The van der Waals surface area contributed by atoms with Gasteiger partial charge in [-0.25, -0.2) is 0 Å². The third-order valence-electron chi connectivity index (χ3n) is 0.923. The van der Waals surface area contributed by atoms with Crippen LogP contribution < -0.4 is 5.73 Å². The third kappa shape index (κ3) is 3.46. The van der Waals surface area contributed by atoms with Crippen molar-refractivity contribution in [3.05, 3.63) is 0 Å². The summed E-state index contributed by atoms with van der Waals surface area (Å²) >= 11 is 0. The summed E-state index contributed by atoms with van der Waals surface area (Å²) in [4.78, 5) is 0. The molecule has 0 amide bonds. The number of nitrogens with two attached hydrogens (primary N) is 1. The van der Waals surface area contributed by atoms with Crippen molar-refractivity contribution in [3.8, 4) is 0 Å². The van der Waals surface area contributed by atoms with Crippen molar-refractivity contribution in [3.63, 3.8) is 0 Å². The standard InChI is InChI=1S/C5H12N2/c1-5(4-7)2-3-6/h3,5-6H,2,4,7H2,1H3. The molecule has 0 heterocycles. The Bertz CT molecular complexity index is 52.0. The van der Waals surface area contributed by atoms with Gasteiger partial charge >= 0.3 is 0 Å². The molecule has 7 heavy (non-hydrogen) atoms. The maximum Gasteiger partial charge on any atom is -0.00446 e. The number of hydrogen-bond acceptors (Lipinski definition) is 2. The predicted molar refractivity (Wildman–Crippen MR) is 31.6 cm³/mol. The van der Waals surface area contributed by atoms with Gasteiger partial charge in [-0.05, 0) is 25.1 Å². The van der Waals surface area contributed by atoms with Crippen LogP contribution in [0.1, 0.15) is 13.3 Å². The molecule has 0 saturated heterocycles. The highest BCUT2D eigenvalue weighted by Crippen LogP contribution is 1.92. The smallest absolute Gasteiger partial charge is 0.00446 e. The first-order chi connectivity index (χ1) is 3.31. The second-order valence-electron chi connectivity index (χ2n) is 1.78. The molecular weight excluding hydrogens is 88.1 g/mol. The predicted octanol–water partition coefficient (Wildman–Crippen LogP) is 0.621. The number of nitrogens with one attached hydrogen (secondary N) is 1. The third-order valence-corrected chi connectivity index (χ3v) is 0.923. The van der Waals surface area contributed by atoms with E-state index >= 15 is 0 Å². The Morgan fingerprint density at radius 2 is 2.43 bits per heavy atom. The minimum Gasteiger partial charge on any atom is -0.330 e. The molecule has 2 nitrogen and oxygen atoms in total. The molecule has 0 aromatic rings. The summed E-state index contributed by atoms with van der Waals surface area (Å²) < 4.78 is 0. The molecule has 0 rings (SSSR count). The zero-order chi connectivity index (χ0) is 5.70. The number of hydrogen-bond donors (Lipinski definition) is 2. The van der Waals surface area contributed by atoms with Gasteiger partial charge in [-0.2, -0.15) is 0 Å². The lowest BCUT2D eigenvalue weighted by Crippen LogP contribution is -2.10. The SMILES string of the molecule is CC(CN)CC=N. The van der Waals surface area contributed by atoms with Crippen molar-refractivity contribution in [1.82, 2.24) is 0 Å². The molecule has 0 spiro atoms. The van der Waals surface area contributed by atoms with Crippen LogP contribution in [0.2, 0.25) is 0 Å². The summed E-state index contributed by atoms with van der Waals surface area (Å²) in [6.45, 7) is 2.72. The van der Waals surface area contributed by atoms with Gasteiger partial charge in [-0.15, -0.1) is 0 Å². The first-order valence-electron chi connectivity index (χ1n) is 2.50. The van der Waals surface area contributed by atoms with E-state index in [2.05, 4.69) is 0 Å². The Morgan fingerprint density at radius 1 is 1.86 bits per heavy atom. The van der Waals surface area contributed by atoms with Gasteiger partial charge in [-0.1, -0.05) is 6.92 Å². The molecule has 0 aromatic carbocycles. The van der Waals surface area contributed by atoms with Crippen LogP contribution in [-0.4, -0.2) is 12.8 Å². The average molecular weight is 100 g/mol. The van der Waals surface area contributed by atoms with Crippen LogP contribution in [0, 0.1) is 11.3 Å². The summed E-state index contributed by atoms with van der Waals surface area (Å²) in [5, 5.41) is 6.66. The highest BCUT2D eigenvalue weighted by Gasteiger charge is 1.91. The molecule has 0 fully saturated rings. The van der Waals surface area contributed by atoms with Gasteiger partial charge < -0.3 is 11.1 Å². The Balaban J connectivity index is 2.98. The van der Waals surface area contributed by atoms with Gasteiger partial charge in [0.2, 0.25) is 0 Å². The van der Waals surface area contributed by atoms with E-state index in [-0.39, 0.29) is 0 Å². The van der Waals surface area contributed by atoms with Gasteiger partial charge in [-0.3, -0.25) is 0 Å². The summed E-state index contributed by atoms with van der Waals surface area (Å²) in [5.41, 5.74) is 5.25. The fraction of sp³-hybridized carbons (Fsp3) is 0.800. The molecule has 3 N–H and O–H groups in total. The maximum absolute atomic E-state index is 6.66. The molecule has 1 atom stereocenters. The van der Waals surface area contributed by atoms with Crippen molar-refractivity contribution in [2.75, 3.05) is 6.54 Å². The molecule has 0 bridgehead atoms. The minimum atomic E-state index is 0.484. The summed E-state index contributed by atoms with van der Waals surface area (Å²) in [5.74, 6) is 0.484. The van der Waals surface area contributed by atoms with Crippen LogP contribution in [-0.2, 0) is 0 Å². The Hall–Kier alpha value is -0.370. The van der Waals surface area contributed by atoms with Crippen molar-refractivity contribution in [1.29, 1.82) is 5.41 Å². The highest BCUT2D eigenvalue weighted by molar-refractivity contribution is 5.53. The molecule has 0 aliphatic carbocycles. The van der Waals surface area contributed by atoms with Gasteiger partial charge in [0.25, 0.3) is 0 Å². The van der Waals surface area contributed by atoms with Crippen molar-refractivity contribution in [2.24, 2.45) is 11.7 Å². The van der Waals surface area contributed by atoms with E-state index in [1.807, 2.05) is 6.92 Å². The van der Waals surface area contributed by atoms with Crippen LogP contribution in [0.25, 0.3) is 0 Å². The van der Waals surface area contributed by atoms with Crippen molar-refractivity contribution < 1.29 is 0 Å². The lowest BCUT2D eigenvalue weighted by molar-refractivity contribution is 0.626. The normalized spacial score (nSPS) is 13.4. The second-order valence-corrected chi connectivity index (χ2v) is 1.78. The molecule has 0 aromatic heterocycles. The monoisotopic (exact) mass is 100 g/mol.